The van der Waals surface area contributed by atoms with Crippen LogP contribution in [-0.2, 0) is 14.3 Å². The third kappa shape index (κ3) is 3.78. The number of hydrogen-bond acceptors (Lipinski definition) is 4. The van der Waals surface area contributed by atoms with Crippen LogP contribution in [0.2, 0.25) is 0 Å². The van der Waals surface area contributed by atoms with Gasteiger partial charge in [0.05, 0.1) is 12.2 Å². The van der Waals surface area contributed by atoms with Crippen LogP contribution in [0, 0.1) is 0 Å². The van der Waals surface area contributed by atoms with Gasteiger partial charge in [-0.15, -0.1) is 0 Å². The molecule has 1 aliphatic rings. The highest BCUT2D eigenvalue weighted by Crippen LogP contribution is 2.23. The van der Waals surface area contributed by atoms with Crippen LogP contribution >= 0.6 is 0 Å². The molecule has 2 rings (SSSR count). The van der Waals surface area contributed by atoms with Gasteiger partial charge in [-0.25, -0.2) is 4.79 Å². The van der Waals surface area contributed by atoms with Crippen LogP contribution in [0.3, 0.4) is 0 Å². The lowest BCUT2D eigenvalue weighted by Gasteiger charge is -2.32. The summed E-state index contributed by atoms with van der Waals surface area (Å²) in [4.78, 5) is 12.0. The van der Waals surface area contributed by atoms with Gasteiger partial charge in [0.15, 0.2) is 0 Å². The number of nitrogens with two attached hydrogens (primary N) is 1. The molecule has 1 aliphatic heterocycles. The van der Waals surface area contributed by atoms with E-state index in [-0.39, 0.29) is 24.3 Å². The maximum absolute atomic E-state index is 12.0. The van der Waals surface area contributed by atoms with Gasteiger partial charge < -0.3 is 15.2 Å². The summed E-state index contributed by atoms with van der Waals surface area (Å²) in [5, 5.41) is 0. The maximum Gasteiger partial charge on any atom is 0.327 e. The van der Waals surface area contributed by atoms with Gasteiger partial charge in [-0.3, -0.25) is 0 Å². The lowest BCUT2D eigenvalue weighted by atomic mass is 10.0. The summed E-state index contributed by atoms with van der Waals surface area (Å²) >= 11 is 0. The second-order valence-electron chi connectivity index (χ2n) is 5.18. The van der Waals surface area contributed by atoms with Crippen molar-refractivity contribution in [1.29, 1.82) is 0 Å². The summed E-state index contributed by atoms with van der Waals surface area (Å²) < 4.78 is 11.1. The average molecular weight is 263 g/mol. The minimum atomic E-state index is -0.713. The van der Waals surface area contributed by atoms with E-state index in [1.54, 1.807) is 0 Å². The van der Waals surface area contributed by atoms with Crippen molar-refractivity contribution in [1.82, 2.24) is 0 Å². The van der Waals surface area contributed by atoms with Crippen molar-refractivity contribution in [3.63, 3.8) is 0 Å². The zero-order valence-corrected chi connectivity index (χ0v) is 11.4. The largest absolute Gasteiger partial charge is 0.461 e. The smallest absolute Gasteiger partial charge is 0.327 e. The van der Waals surface area contributed by atoms with E-state index < -0.39 is 6.04 Å². The summed E-state index contributed by atoms with van der Waals surface area (Å²) in [6.07, 6.45) is 1.61. The molecule has 4 heteroatoms. The number of benzene rings is 1. The second-order valence-corrected chi connectivity index (χ2v) is 5.18. The number of carbonyl (C=O) groups is 1. The van der Waals surface area contributed by atoms with Crippen molar-refractivity contribution < 1.29 is 14.3 Å². The Bertz CT molecular complexity index is 411. The van der Waals surface area contributed by atoms with Crippen molar-refractivity contribution in [2.45, 2.75) is 51.0 Å². The van der Waals surface area contributed by atoms with Gasteiger partial charge in [-0.05, 0) is 19.4 Å². The molecule has 0 radical (unpaired) electrons. The highest BCUT2D eigenvalue weighted by Gasteiger charge is 2.29. The Morgan fingerprint density at radius 1 is 1.26 bits per heavy atom. The Morgan fingerprint density at radius 2 is 1.84 bits per heavy atom. The van der Waals surface area contributed by atoms with Gasteiger partial charge in [-0.1, -0.05) is 30.3 Å². The van der Waals surface area contributed by atoms with Gasteiger partial charge >= 0.3 is 5.97 Å². The lowest BCUT2D eigenvalue weighted by molar-refractivity contribution is -0.161. The van der Waals surface area contributed by atoms with Crippen molar-refractivity contribution in [2.75, 3.05) is 0 Å². The zero-order valence-electron chi connectivity index (χ0n) is 11.4. The number of ether oxygens (including phenoxy) is 2. The third-order valence-corrected chi connectivity index (χ3v) is 3.35. The Labute approximate surface area is 113 Å². The molecule has 0 aliphatic carbocycles. The van der Waals surface area contributed by atoms with Crippen molar-refractivity contribution in [3.8, 4) is 0 Å². The predicted octanol–water partition coefficient (Wildman–Crippen LogP) is 2.19. The molecule has 1 aromatic rings. The lowest BCUT2D eigenvalue weighted by Crippen LogP contribution is -2.37. The van der Waals surface area contributed by atoms with Crippen molar-refractivity contribution in [3.05, 3.63) is 35.9 Å². The fourth-order valence-electron chi connectivity index (χ4n) is 2.47. The first-order chi connectivity index (χ1) is 9.06. The van der Waals surface area contributed by atoms with E-state index in [0.717, 1.165) is 18.4 Å². The molecule has 1 heterocycles. The van der Waals surface area contributed by atoms with E-state index in [9.17, 15) is 4.79 Å². The first-order valence-electron chi connectivity index (χ1n) is 6.72. The summed E-state index contributed by atoms with van der Waals surface area (Å²) in [7, 11) is 0. The van der Waals surface area contributed by atoms with Gasteiger partial charge in [0.1, 0.15) is 12.1 Å². The molecule has 4 nitrogen and oxygen atoms in total. The molecule has 0 saturated carbocycles. The predicted molar refractivity (Wildman–Crippen MR) is 72.5 cm³/mol. The van der Waals surface area contributed by atoms with E-state index >= 15 is 0 Å². The van der Waals surface area contributed by atoms with Crippen LogP contribution in [0.4, 0.5) is 0 Å². The van der Waals surface area contributed by atoms with E-state index in [0.29, 0.717) is 0 Å². The fourth-order valence-corrected chi connectivity index (χ4v) is 2.47. The van der Waals surface area contributed by atoms with Gasteiger partial charge in [0.2, 0.25) is 0 Å². The molecule has 104 valence electrons. The zero-order chi connectivity index (χ0) is 13.8. The number of hydrogen-bond donors (Lipinski definition) is 1. The van der Waals surface area contributed by atoms with Crippen LogP contribution in [0.5, 0.6) is 0 Å². The van der Waals surface area contributed by atoms with Crippen LogP contribution in [0.15, 0.2) is 30.3 Å². The fraction of sp³-hybridized carbons (Fsp3) is 0.533. The molecule has 2 N–H and O–H groups in total. The topological polar surface area (TPSA) is 61.5 Å². The molecule has 0 spiro atoms. The molecule has 0 bridgehead atoms. The van der Waals surface area contributed by atoms with Crippen LogP contribution in [0.1, 0.15) is 38.3 Å². The van der Waals surface area contributed by atoms with Crippen LogP contribution in [-0.4, -0.2) is 24.3 Å². The van der Waals surface area contributed by atoms with Crippen molar-refractivity contribution in [2.24, 2.45) is 5.73 Å². The quantitative estimate of drug-likeness (QED) is 0.849. The molecule has 1 saturated heterocycles. The van der Waals surface area contributed by atoms with Crippen LogP contribution < -0.4 is 5.73 Å². The first-order valence-corrected chi connectivity index (χ1v) is 6.72. The monoisotopic (exact) mass is 263 g/mol. The highest BCUT2D eigenvalue weighted by molar-refractivity contribution is 5.77. The van der Waals surface area contributed by atoms with E-state index in [1.807, 2.05) is 44.2 Å². The molecular formula is C15H21NO3. The number of rotatable bonds is 3. The Balaban J connectivity index is 1.93. The molecule has 0 amide bonds. The molecule has 19 heavy (non-hydrogen) atoms. The Kier molecular flexibility index (Phi) is 4.56. The molecule has 1 aromatic carbocycles. The van der Waals surface area contributed by atoms with Gasteiger partial charge in [0, 0.05) is 12.8 Å². The standard InChI is InChI=1S/C15H21NO3/c1-10-8-13(9-11(2)18-10)19-15(17)14(16)12-6-4-3-5-7-12/h3-7,10-11,13-14H,8-9,16H2,1-2H3/t10?,11?,13?,14-/m1/s1. The normalized spacial score (nSPS) is 28.7. The van der Waals surface area contributed by atoms with Gasteiger partial charge in [-0.2, -0.15) is 0 Å². The first kappa shape index (κ1) is 14.0. The SMILES string of the molecule is CC1CC(OC(=O)[C@H](N)c2ccccc2)CC(C)O1. The Hall–Kier alpha value is -1.39. The van der Waals surface area contributed by atoms with Crippen LogP contribution in [0.25, 0.3) is 0 Å². The number of esters is 1. The molecular weight excluding hydrogens is 242 g/mol. The average Bonchev–Trinajstić information content (AvgIpc) is 2.37. The summed E-state index contributed by atoms with van der Waals surface area (Å²) in [6.45, 7) is 3.99. The molecule has 1 fully saturated rings. The maximum atomic E-state index is 12.0. The minimum absolute atomic E-state index is 0.0963. The highest BCUT2D eigenvalue weighted by atomic mass is 16.6. The molecule has 2 unspecified atom stereocenters. The summed E-state index contributed by atoms with van der Waals surface area (Å²) in [6, 6.07) is 8.57. The van der Waals surface area contributed by atoms with E-state index in [2.05, 4.69) is 0 Å². The third-order valence-electron chi connectivity index (χ3n) is 3.35. The number of carbonyl (C=O) groups excluding carboxylic acids is 1. The summed E-state index contributed by atoms with van der Waals surface area (Å²) in [5.74, 6) is -0.363. The summed E-state index contributed by atoms with van der Waals surface area (Å²) in [5.41, 5.74) is 6.70. The second kappa shape index (κ2) is 6.17. The Morgan fingerprint density at radius 3 is 2.42 bits per heavy atom. The van der Waals surface area contributed by atoms with E-state index in [1.165, 1.54) is 0 Å². The molecule has 3 atom stereocenters. The van der Waals surface area contributed by atoms with Gasteiger partial charge in [0.25, 0.3) is 0 Å². The van der Waals surface area contributed by atoms with E-state index in [4.69, 9.17) is 15.2 Å². The minimum Gasteiger partial charge on any atom is -0.461 e. The van der Waals surface area contributed by atoms with Crippen molar-refractivity contribution >= 4 is 5.97 Å². The molecule has 0 aromatic heterocycles.